The second kappa shape index (κ2) is 6.55. The predicted molar refractivity (Wildman–Crippen MR) is 104 cm³/mol. The molecule has 0 spiro atoms. The van der Waals surface area contributed by atoms with Crippen LogP contribution in [-0.4, -0.2) is 13.1 Å². The van der Waals surface area contributed by atoms with Gasteiger partial charge in [0.15, 0.2) is 11.5 Å². The summed E-state index contributed by atoms with van der Waals surface area (Å²) in [6, 6.07) is 8.71. The molecule has 0 bridgehead atoms. The molecule has 2 aromatic rings. The number of fused-ring (bicyclic) bond motifs is 3. The summed E-state index contributed by atoms with van der Waals surface area (Å²) in [4.78, 5) is 7.33. The summed E-state index contributed by atoms with van der Waals surface area (Å²) in [6.07, 6.45) is 6.88. The van der Waals surface area contributed by atoms with E-state index in [1.807, 2.05) is 0 Å². The largest absolute Gasteiger partial charge is 0.453 e. The number of rotatable bonds is 3. The zero-order valence-corrected chi connectivity index (χ0v) is 15.4. The normalized spacial score (nSPS) is 15.8. The first-order chi connectivity index (χ1) is 12.2. The van der Waals surface area contributed by atoms with Gasteiger partial charge in [0, 0.05) is 24.8 Å². The first-order valence-corrected chi connectivity index (χ1v) is 9.49. The molecule has 2 aromatic carbocycles. The van der Waals surface area contributed by atoms with Crippen LogP contribution in [0.2, 0.25) is 0 Å². The van der Waals surface area contributed by atoms with Crippen molar-refractivity contribution in [2.24, 2.45) is 4.99 Å². The summed E-state index contributed by atoms with van der Waals surface area (Å²) < 4.78 is 6.27. The van der Waals surface area contributed by atoms with Crippen LogP contribution in [0.3, 0.4) is 0 Å². The van der Waals surface area contributed by atoms with Gasteiger partial charge in [0.05, 0.1) is 0 Å². The number of aryl methyl sites for hydroxylation is 2. The maximum absolute atomic E-state index is 6.27. The highest BCUT2D eigenvalue weighted by Gasteiger charge is 2.21. The van der Waals surface area contributed by atoms with Crippen LogP contribution in [0.1, 0.15) is 44.2 Å². The van der Waals surface area contributed by atoms with Crippen LogP contribution in [0.4, 0.5) is 11.4 Å². The minimum absolute atomic E-state index is 0.874. The van der Waals surface area contributed by atoms with Gasteiger partial charge in [-0.05, 0) is 67.7 Å². The Balaban J connectivity index is 1.82. The molecule has 4 rings (SSSR count). The van der Waals surface area contributed by atoms with E-state index in [0.717, 1.165) is 54.9 Å². The summed E-state index contributed by atoms with van der Waals surface area (Å²) in [6.45, 7) is 8.74. The maximum atomic E-state index is 6.27. The molecule has 2 aliphatic heterocycles. The first kappa shape index (κ1) is 16.2. The number of ether oxygens (including phenoxy) is 1. The van der Waals surface area contributed by atoms with Gasteiger partial charge in [-0.15, -0.1) is 0 Å². The number of hydrogen-bond donors (Lipinski definition) is 0. The SMILES string of the molecule is CCC/C=c1/cc2c(cc1C)=Nc1cc3c(cc1O2)N(CC)CCC3. The van der Waals surface area contributed by atoms with Gasteiger partial charge < -0.3 is 9.64 Å². The van der Waals surface area contributed by atoms with Crippen LogP contribution in [0.25, 0.3) is 6.08 Å². The van der Waals surface area contributed by atoms with E-state index < -0.39 is 0 Å². The summed E-state index contributed by atoms with van der Waals surface area (Å²) in [5.41, 5.74) is 4.94. The molecule has 0 fully saturated rings. The number of hydrogen-bond acceptors (Lipinski definition) is 3. The fourth-order valence-corrected chi connectivity index (χ4v) is 3.80. The smallest absolute Gasteiger partial charge is 0.155 e. The molecule has 0 atom stereocenters. The highest BCUT2D eigenvalue weighted by atomic mass is 16.5. The van der Waals surface area contributed by atoms with Gasteiger partial charge in [-0.2, -0.15) is 0 Å². The van der Waals surface area contributed by atoms with Crippen LogP contribution >= 0.6 is 0 Å². The van der Waals surface area contributed by atoms with Crippen molar-refractivity contribution >= 4 is 17.5 Å². The predicted octanol–water partition coefficient (Wildman–Crippen LogP) is 4.41. The van der Waals surface area contributed by atoms with Crippen molar-refractivity contribution in [1.29, 1.82) is 0 Å². The van der Waals surface area contributed by atoms with Crippen molar-refractivity contribution in [1.82, 2.24) is 0 Å². The molecule has 2 aliphatic rings. The Hall–Kier alpha value is -2.29. The van der Waals surface area contributed by atoms with E-state index in [1.54, 1.807) is 0 Å². The van der Waals surface area contributed by atoms with Gasteiger partial charge in [0.1, 0.15) is 11.0 Å². The van der Waals surface area contributed by atoms with Crippen LogP contribution < -0.4 is 20.2 Å². The molecule has 0 saturated carbocycles. The summed E-state index contributed by atoms with van der Waals surface area (Å²) in [5.74, 6) is 1.76. The number of anilines is 1. The molecule has 0 radical (unpaired) electrons. The minimum Gasteiger partial charge on any atom is -0.453 e. The third kappa shape index (κ3) is 2.92. The van der Waals surface area contributed by atoms with E-state index in [-0.39, 0.29) is 0 Å². The minimum atomic E-state index is 0.874. The summed E-state index contributed by atoms with van der Waals surface area (Å²) in [5, 5.41) is 2.20. The number of nitrogens with zero attached hydrogens (tertiary/aromatic N) is 2. The Morgan fingerprint density at radius 1 is 1.16 bits per heavy atom. The molecule has 2 heterocycles. The molecule has 0 amide bonds. The zero-order valence-electron chi connectivity index (χ0n) is 15.4. The van der Waals surface area contributed by atoms with E-state index >= 15 is 0 Å². The first-order valence-electron chi connectivity index (χ1n) is 9.49. The van der Waals surface area contributed by atoms with Crippen LogP contribution in [0.15, 0.2) is 29.3 Å². The molecular weight excluding hydrogens is 308 g/mol. The Kier molecular flexibility index (Phi) is 4.24. The molecule has 25 heavy (non-hydrogen) atoms. The maximum Gasteiger partial charge on any atom is 0.155 e. The Labute approximate surface area is 149 Å². The van der Waals surface area contributed by atoms with Gasteiger partial charge >= 0.3 is 0 Å². The molecule has 0 saturated heterocycles. The van der Waals surface area contributed by atoms with Crippen molar-refractivity contribution in [3.63, 3.8) is 0 Å². The fraction of sp³-hybridized carbons (Fsp3) is 0.409. The lowest BCUT2D eigenvalue weighted by Crippen LogP contribution is -2.29. The van der Waals surface area contributed by atoms with Crippen molar-refractivity contribution in [2.45, 2.75) is 46.5 Å². The Morgan fingerprint density at radius 2 is 2.04 bits per heavy atom. The topological polar surface area (TPSA) is 24.8 Å². The lowest BCUT2D eigenvalue weighted by Gasteiger charge is -2.31. The van der Waals surface area contributed by atoms with E-state index in [1.165, 1.54) is 28.5 Å². The third-order valence-electron chi connectivity index (χ3n) is 5.22. The summed E-state index contributed by atoms with van der Waals surface area (Å²) in [7, 11) is 0. The van der Waals surface area contributed by atoms with Gasteiger partial charge in [0.2, 0.25) is 0 Å². The van der Waals surface area contributed by atoms with Gasteiger partial charge in [-0.1, -0.05) is 19.4 Å². The van der Waals surface area contributed by atoms with E-state index in [0.29, 0.717) is 0 Å². The summed E-state index contributed by atoms with van der Waals surface area (Å²) >= 11 is 0. The quantitative estimate of drug-likeness (QED) is 0.709. The monoisotopic (exact) mass is 334 g/mol. The van der Waals surface area contributed by atoms with E-state index in [4.69, 9.17) is 9.73 Å². The lowest BCUT2D eigenvalue weighted by molar-refractivity contribution is 0.468. The molecule has 0 aliphatic carbocycles. The Bertz CT molecular complexity index is 930. The van der Waals surface area contributed by atoms with Crippen molar-refractivity contribution in [3.05, 3.63) is 46.0 Å². The van der Waals surface area contributed by atoms with Gasteiger partial charge in [0.25, 0.3) is 0 Å². The average molecular weight is 334 g/mol. The van der Waals surface area contributed by atoms with Crippen molar-refractivity contribution in [2.75, 3.05) is 18.0 Å². The van der Waals surface area contributed by atoms with E-state index in [2.05, 4.69) is 56.0 Å². The number of benzene rings is 2. The molecule has 0 unspecified atom stereocenters. The molecular formula is C22H26N2O. The fourth-order valence-electron chi connectivity index (χ4n) is 3.80. The lowest BCUT2D eigenvalue weighted by atomic mass is 10.00. The zero-order chi connectivity index (χ0) is 17.4. The standard InChI is InChI=1S/C22H26N2O/c1-4-6-8-16-13-21-18(11-15(16)3)23-19-12-17-9-7-10-24(5-2)20(17)14-22(19)25-21/h8,11-14H,4-7,9-10H2,1-3H3/b16-8-. The number of unbranched alkanes of at least 4 members (excludes halogenated alkanes) is 1. The average Bonchev–Trinajstić information content (AvgIpc) is 2.62. The van der Waals surface area contributed by atoms with Gasteiger partial charge in [-0.3, -0.25) is 0 Å². The van der Waals surface area contributed by atoms with Gasteiger partial charge in [-0.25, -0.2) is 4.99 Å². The molecule has 3 nitrogen and oxygen atoms in total. The molecule has 3 heteroatoms. The highest BCUT2D eigenvalue weighted by Crippen LogP contribution is 2.41. The second-order valence-corrected chi connectivity index (χ2v) is 7.02. The van der Waals surface area contributed by atoms with Crippen molar-refractivity contribution in [3.8, 4) is 11.5 Å². The van der Waals surface area contributed by atoms with E-state index in [9.17, 15) is 0 Å². The highest BCUT2D eigenvalue weighted by molar-refractivity contribution is 5.69. The Morgan fingerprint density at radius 3 is 2.84 bits per heavy atom. The molecule has 0 aromatic heterocycles. The van der Waals surface area contributed by atoms with Crippen LogP contribution in [0.5, 0.6) is 11.5 Å². The van der Waals surface area contributed by atoms with Crippen LogP contribution in [0, 0.1) is 6.92 Å². The molecule has 0 N–H and O–H groups in total. The second-order valence-electron chi connectivity index (χ2n) is 7.02. The molecule has 130 valence electrons. The van der Waals surface area contributed by atoms with Crippen LogP contribution in [-0.2, 0) is 6.42 Å². The van der Waals surface area contributed by atoms with Crippen molar-refractivity contribution < 1.29 is 4.74 Å². The third-order valence-corrected chi connectivity index (χ3v) is 5.22.